The molecule has 25 heavy (non-hydrogen) atoms. The molecule has 0 saturated carbocycles. The zero-order chi connectivity index (χ0) is 18.0. The number of nitrogens with zero attached hydrogens (tertiary/aromatic N) is 2. The van der Waals surface area contributed by atoms with Crippen molar-refractivity contribution in [3.63, 3.8) is 0 Å². The summed E-state index contributed by atoms with van der Waals surface area (Å²) in [6.07, 6.45) is 1.94. The molecule has 7 heteroatoms. The van der Waals surface area contributed by atoms with E-state index >= 15 is 0 Å². The molecule has 7 nitrogen and oxygen atoms in total. The minimum Gasteiger partial charge on any atom is -0.481 e. The second-order valence-corrected chi connectivity index (χ2v) is 6.68. The highest BCUT2D eigenvalue weighted by molar-refractivity contribution is 5.95. The lowest BCUT2D eigenvalue weighted by molar-refractivity contribution is -0.141. The highest BCUT2D eigenvalue weighted by Crippen LogP contribution is 2.25. The standard InChI is InChI=1S/C18H23N3O4/c1-12(19-18(25)20-9-7-14(11-20)17(23)24)13-4-2-5-15(10-13)21-8-3-6-16(21)22/h2,4-5,10,12,14H,3,6-9,11H2,1H3,(H,19,25)(H,23,24). The smallest absolute Gasteiger partial charge is 0.317 e. The maximum absolute atomic E-state index is 12.3. The number of benzene rings is 1. The van der Waals surface area contributed by atoms with E-state index in [0.717, 1.165) is 24.2 Å². The molecule has 2 N–H and O–H groups in total. The van der Waals surface area contributed by atoms with Crippen LogP contribution in [0.2, 0.25) is 0 Å². The molecule has 2 unspecified atom stereocenters. The number of likely N-dealkylation sites (tertiary alicyclic amines) is 1. The number of hydrogen-bond acceptors (Lipinski definition) is 3. The third-order valence-electron chi connectivity index (χ3n) is 4.92. The van der Waals surface area contributed by atoms with Crippen LogP contribution in [0.1, 0.15) is 37.8 Å². The van der Waals surface area contributed by atoms with E-state index in [4.69, 9.17) is 5.11 Å². The fourth-order valence-corrected chi connectivity index (χ4v) is 3.39. The van der Waals surface area contributed by atoms with Crippen LogP contribution < -0.4 is 10.2 Å². The number of rotatable bonds is 4. The summed E-state index contributed by atoms with van der Waals surface area (Å²) in [4.78, 5) is 38.6. The molecule has 2 atom stereocenters. The highest BCUT2D eigenvalue weighted by Gasteiger charge is 2.31. The second-order valence-electron chi connectivity index (χ2n) is 6.68. The first-order valence-electron chi connectivity index (χ1n) is 8.64. The van der Waals surface area contributed by atoms with Crippen molar-refractivity contribution in [3.05, 3.63) is 29.8 Å². The first kappa shape index (κ1) is 17.3. The Labute approximate surface area is 146 Å². The zero-order valence-corrected chi connectivity index (χ0v) is 14.3. The van der Waals surface area contributed by atoms with Crippen molar-refractivity contribution >= 4 is 23.6 Å². The Morgan fingerprint density at radius 2 is 2.12 bits per heavy atom. The van der Waals surface area contributed by atoms with Gasteiger partial charge in [-0.05, 0) is 37.5 Å². The van der Waals surface area contributed by atoms with Crippen molar-refractivity contribution in [2.75, 3.05) is 24.5 Å². The molecular formula is C18H23N3O4. The Bertz CT molecular complexity index is 691. The van der Waals surface area contributed by atoms with Crippen LogP contribution in [-0.2, 0) is 9.59 Å². The summed E-state index contributed by atoms with van der Waals surface area (Å²) in [5.74, 6) is -1.21. The molecular weight excluding hydrogens is 322 g/mol. The highest BCUT2D eigenvalue weighted by atomic mass is 16.4. The normalized spacial score (nSPS) is 21.5. The van der Waals surface area contributed by atoms with Crippen molar-refractivity contribution < 1.29 is 19.5 Å². The lowest BCUT2D eigenvalue weighted by atomic mass is 10.1. The van der Waals surface area contributed by atoms with E-state index in [9.17, 15) is 14.4 Å². The molecule has 2 aliphatic rings. The van der Waals surface area contributed by atoms with Crippen LogP contribution in [0.15, 0.2) is 24.3 Å². The van der Waals surface area contributed by atoms with Crippen molar-refractivity contribution in [2.24, 2.45) is 5.92 Å². The van der Waals surface area contributed by atoms with Crippen LogP contribution >= 0.6 is 0 Å². The molecule has 0 aliphatic carbocycles. The van der Waals surface area contributed by atoms with Crippen molar-refractivity contribution in [1.82, 2.24) is 10.2 Å². The van der Waals surface area contributed by atoms with Gasteiger partial charge in [0.05, 0.1) is 12.0 Å². The molecule has 2 saturated heterocycles. The van der Waals surface area contributed by atoms with Gasteiger partial charge in [-0.15, -0.1) is 0 Å². The van der Waals surface area contributed by atoms with E-state index in [-0.39, 0.29) is 24.5 Å². The van der Waals surface area contributed by atoms with Crippen molar-refractivity contribution in [3.8, 4) is 0 Å². The molecule has 0 aromatic heterocycles. The van der Waals surface area contributed by atoms with Gasteiger partial charge in [-0.1, -0.05) is 12.1 Å². The minimum atomic E-state index is -0.855. The van der Waals surface area contributed by atoms with E-state index in [2.05, 4.69) is 5.32 Å². The number of carbonyl (C=O) groups excluding carboxylic acids is 2. The molecule has 0 radical (unpaired) electrons. The Morgan fingerprint density at radius 1 is 1.32 bits per heavy atom. The largest absolute Gasteiger partial charge is 0.481 e. The number of carboxylic acids is 1. The SMILES string of the molecule is CC(NC(=O)N1CCC(C(=O)O)C1)c1cccc(N2CCCC2=O)c1. The van der Waals surface area contributed by atoms with Gasteiger partial charge in [-0.25, -0.2) is 4.79 Å². The fourth-order valence-electron chi connectivity index (χ4n) is 3.39. The van der Waals surface area contributed by atoms with Crippen molar-refractivity contribution in [1.29, 1.82) is 0 Å². The van der Waals surface area contributed by atoms with Crippen LogP contribution in [0, 0.1) is 5.92 Å². The number of nitrogens with one attached hydrogen (secondary N) is 1. The third-order valence-corrected chi connectivity index (χ3v) is 4.92. The number of amides is 3. The van der Waals surface area contributed by atoms with Crippen LogP contribution in [-0.4, -0.2) is 47.5 Å². The number of urea groups is 1. The van der Waals surface area contributed by atoms with Crippen LogP contribution in [0.4, 0.5) is 10.5 Å². The lowest BCUT2D eigenvalue weighted by Gasteiger charge is -2.22. The third kappa shape index (κ3) is 3.75. The van der Waals surface area contributed by atoms with Gasteiger partial charge in [0.15, 0.2) is 0 Å². The summed E-state index contributed by atoms with van der Waals surface area (Å²) >= 11 is 0. The summed E-state index contributed by atoms with van der Waals surface area (Å²) in [5.41, 5.74) is 1.77. The zero-order valence-electron chi connectivity index (χ0n) is 14.3. The van der Waals surface area contributed by atoms with Crippen molar-refractivity contribution in [2.45, 2.75) is 32.2 Å². The van der Waals surface area contributed by atoms with Gasteiger partial charge in [0.2, 0.25) is 5.91 Å². The number of carboxylic acid groups (broad SMARTS) is 1. The summed E-state index contributed by atoms with van der Waals surface area (Å²) in [6, 6.07) is 7.15. The van der Waals surface area contributed by atoms with E-state index in [1.54, 1.807) is 9.80 Å². The molecule has 2 heterocycles. The molecule has 1 aromatic carbocycles. The maximum Gasteiger partial charge on any atom is 0.317 e. The molecule has 0 spiro atoms. The van der Waals surface area contributed by atoms with Gasteiger partial charge >= 0.3 is 12.0 Å². The van der Waals surface area contributed by atoms with Crippen LogP contribution in [0.5, 0.6) is 0 Å². The fraction of sp³-hybridized carbons (Fsp3) is 0.500. The average molecular weight is 345 g/mol. The molecule has 134 valence electrons. The summed E-state index contributed by atoms with van der Waals surface area (Å²) < 4.78 is 0. The first-order valence-corrected chi connectivity index (χ1v) is 8.64. The molecule has 2 fully saturated rings. The average Bonchev–Trinajstić information content (AvgIpc) is 3.24. The molecule has 0 bridgehead atoms. The Morgan fingerprint density at radius 3 is 2.76 bits per heavy atom. The van der Waals surface area contributed by atoms with E-state index in [0.29, 0.717) is 19.4 Å². The molecule has 1 aromatic rings. The minimum absolute atomic E-state index is 0.130. The maximum atomic E-state index is 12.3. The van der Waals surface area contributed by atoms with E-state index in [1.807, 2.05) is 31.2 Å². The number of anilines is 1. The van der Waals surface area contributed by atoms with Gasteiger partial charge < -0.3 is 20.2 Å². The molecule has 3 amide bonds. The molecule has 2 aliphatic heterocycles. The predicted octanol–water partition coefficient (Wildman–Crippen LogP) is 1.99. The second kappa shape index (κ2) is 7.13. The summed E-state index contributed by atoms with van der Waals surface area (Å²) in [5, 5.41) is 12.0. The number of carbonyl (C=O) groups is 3. The lowest BCUT2D eigenvalue weighted by Crippen LogP contribution is -2.40. The van der Waals surface area contributed by atoms with Gasteiger partial charge in [-0.2, -0.15) is 0 Å². The van der Waals surface area contributed by atoms with Gasteiger partial charge in [0.25, 0.3) is 0 Å². The quantitative estimate of drug-likeness (QED) is 0.873. The van der Waals surface area contributed by atoms with Gasteiger partial charge in [-0.3, -0.25) is 9.59 Å². The predicted molar refractivity (Wildman–Crippen MR) is 92.3 cm³/mol. The Hall–Kier alpha value is -2.57. The van der Waals surface area contributed by atoms with Crippen LogP contribution in [0.25, 0.3) is 0 Å². The van der Waals surface area contributed by atoms with Crippen LogP contribution in [0.3, 0.4) is 0 Å². The van der Waals surface area contributed by atoms with Gasteiger partial charge in [0.1, 0.15) is 0 Å². The monoisotopic (exact) mass is 345 g/mol. The number of aliphatic carboxylic acids is 1. The molecule has 3 rings (SSSR count). The number of hydrogen-bond donors (Lipinski definition) is 2. The van der Waals surface area contributed by atoms with Gasteiger partial charge in [0, 0.05) is 31.7 Å². The first-order chi connectivity index (χ1) is 12.0. The summed E-state index contributed by atoms with van der Waals surface area (Å²) in [6.45, 7) is 3.31. The topological polar surface area (TPSA) is 89.9 Å². The Balaban J connectivity index is 1.63. The summed E-state index contributed by atoms with van der Waals surface area (Å²) in [7, 11) is 0. The van der Waals surface area contributed by atoms with E-state index in [1.165, 1.54) is 0 Å². The van der Waals surface area contributed by atoms with E-state index < -0.39 is 11.9 Å². The Kier molecular flexibility index (Phi) is 4.92.